The van der Waals surface area contributed by atoms with Gasteiger partial charge in [-0.2, -0.15) is 4.31 Å². The summed E-state index contributed by atoms with van der Waals surface area (Å²) in [7, 11) is -1.78. The second-order valence-corrected chi connectivity index (χ2v) is 7.63. The topological polar surface area (TPSA) is 69.7 Å². The van der Waals surface area contributed by atoms with Crippen molar-refractivity contribution in [1.82, 2.24) is 14.5 Å². The van der Waals surface area contributed by atoms with E-state index >= 15 is 0 Å². The molecule has 1 N–H and O–H groups in total. The average Bonchev–Trinajstić information content (AvgIpc) is 3.21. The fourth-order valence-corrected chi connectivity index (χ4v) is 3.43. The summed E-state index contributed by atoms with van der Waals surface area (Å²) in [5.41, 5.74) is 0. The van der Waals surface area contributed by atoms with Gasteiger partial charge < -0.3 is 10.2 Å². The molecule has 7 heteroatoms. The maximum atomic E-state index is 12.0. The van der Waals surface area contributed by atoms with Crippen molar-refractivity contribution in [2.75, 3.05) is 45.5 Å². The number of carbonyl (C=O) groups is 1. The van der Waals surface area contributed by atoms with E-state index in [2.05, 4.69) is 5.32 Å². The zero-order valence-corrected chi connectivity index (χ0v) is 12.3. The highest BCUT2D eigenvalue weighted by molar-refractivity contribution is 7.89. The average molecular weight is 289 g/mol. The monoisotopic (exact) mass is 289 g/mol. The Morgan fingerprint density at radius 3 is 2.53 bits per heavy atom. The Kier molecular flexibility index (Phi) is 4.81. The van der Waals surface area contributed by atoms with Crippen molar-refractivity contribution in [3.63, 3.8) is 0 Å². The lowest BCUT2D eigenvalue weighted by molar-refractivity contribution is -0.131. The summed E-state index contributed by atoms with van der Waals surface area (Å²) in [6.07, 6.45) is 3.03. The van der Waals surface area contributed by atoms with E-state index in [-0.39, 0.29) is 18.2 Å². The van der Waals surface area contributed by atoms with Crippen molar-refractivity contribution in [1.29, 1.82) is 0 Å². The minimum absolute atomic E-state index is 0.0347. The molecule has 1 saturated carbocycles. The lowest BCUT2D eigenvalue weighted by Gasteiger charge is -2.29. The maximum Gasteiger partial charge on any atom is 0.237 e. The molecule has 2 rings (SSSR count). The molecule has 1 amide bonds. The number of amides is 1. The first-order valence-electron chi connectivity index (χ1n) is 6.91. The van der Waals surface area contributed by atoms with Gasteiger partial charge in [0.2, 0.25) is 15.9 Å². The maximum absolute atomic E-state index is 12.0. The Morgan fingerprint density at radius 2 is 1.95 bits per heavy atom. The Bertz CT molecular complexity index is 414. The van der Waals surface area contributed by atoms with Gasteiger partial charge in [0.25, 0.3) is 0 Å². The summed E-state index contributed by atoms with van der Waals surface area (Å²) in [5, 5.41) is 3.17. The summed E-state index contributed by atoms with van der Waals surface area (Å²) in [6, 6.07) is 0. The highest BCUT2D eigenvalue weighted by Crippen LogP contribution is 2.32. The lowest BCUT2D eigenvalue weighted by Crippen LogP contribution is -2.50. The second-order valence-electron chi connectivity index (χ2n) is 5.43. The van der Waals surface area contributed by atoms with Crippen LogP contribution in [0, 0.1) is 5.92 Å². The molecule has 1 aliphatic carbocycles. The third-order valence-corrected chi connectivity index (χ3v) is 5.61. The molecule has 0 aromatic heterocycles. The van der Waals surface area contributed by atoms with Gasteiger partial charge in [-0.1, -0.05) is 12.8 Å². The van der Waals surface area contributed by atoms with E-state index in [1.807, 2.05) is 0 Å². The molecule has 0 spiro atoms. The van der Waals surface area contributed by atoms with Crippen LogP contribution in [0.2, 0.25) is 0 Å². The van der Waals surface area contributed by atoms with E-state index < -0.39 is 10.0 Å². The highest BCUT2D eigenvalue weighted by Gasteiger charge is 2.28. The molecule has 0 atom stereocenters. The molecule has 1 heterocycles. The van der Waals surface area contributed by atoms with Crippen molar-refractivity contribution < 1.29 is 13.2 Å². The van der Waals surface area contributed by atoms with E-state index in [1.54, 1.807) is 4.90 Å². The number of carbonyl (C=O) groups excluding carboxylic acids is 1. The molecule has 0 aromatic rings. The van der Waals surface area contributed by atoms with Crippen LogP contribution in [0.5, 0.6) is 0 Å². The summed E-state index contributed by atoms with van der Waals surface area (Å²) in [5.74, 6) is 0.661. The zero-order chi connectivity index (χ0) is 13.9. The molecule has 19 heavy (non-hydrogen) atoms. The van der Waals surface area contributed by atoms with Crippen LogP contribution >= 0.6 is 0 Å². The first-order chi connectivity index (χ1) is 8.99. The summed E-state index contributed by atoms with van der Waals surface area (Å²) in [6.45, 7) is 2.85. The van der Waals surface area contributed by atoms with Gasteiger partial charge in [-0.3, -0.25) is 4.79 Å². The van der Waals surface area contributed by atoms with Crippen molar-refractivity contribution in [2.24, 2.45) is 5.92 Å². The molecule has 0 unspecified atom stereocenters. The predicted octanol–water partition coefficient (Wildman–Crippen LogP) is -0.520. The van der Waals surface area contributed by atoms with Crippen LogP contribution in [0.3, 0.4) is 0 Å². The minimum atomic E-state index is -3.28. The quantitative estimate of drug-likeness (QED) is 0.714. The Morgan fingerprint density at radius 1 is 1.32 bits per heavy atom. The minimum Gasteiger partial charge on any atom is -0.339 e. The predicted molar refractivity (Wildman–Crippen MR) is 73.2 cm³/mol. The van der Waals surface area contributed by atoms with Gasteiger partial charge in [0.15, 0.2) is 0 Å². The van der Waals surface area contributed by atoms with Crippen LogP contribution in [0.1, 0.15) is 19.3 Å². The number of nitrogens with one attached hydrogen (secondary N) is 1. The van der Waals surface area contributed by atoms with Crippen molar-refractivity contribution in [3.05, 3.63) is 0 Å². The molecule has 2 aliphatic rings. The van der Waals surface area contributed by atoms with E-state index in [0.717, 1.165) is 32.4 Å². The Hall–Kier alpha value is -0.660. The van der Waals surface area contributed by atoms with Gasteiger partial charge in [0, 0.05) is 33.2 Å². The van der Waals surface area contributed by atoms with Crippen LogP contribution in [0.4, 0.5) is 0 Å². The van der Waals surface area contributed by atoms with Gasteiger partial charge in [0.1, 0.15) is 0 Å². The molecular formula is C12H23N3O3S. The zero-order valence-electron chi connectivity index (χ0n) is 11.5. The van der Waals surface area contributed by atoms with E-state index in [4.69, 9.17) is 0 Å². The number of rotatable bonds is 6. The second kappa shape index (κ2) is 6.19. The molecule has 1 aliphatic heterocycles. The standard InChI is InChI=1S/C12H23N3O3S/c1-14(19(17,18)9-4-11-2-3-11)10-12(16)15-7-5-13-6-8-15/h11,13H,2-10H2,1H3. The molecule has 110 valence electrons. The van der Waals surface area contributed by atoms with E-state index in [9.17, 15) is 13.2 Å². The fourth-order valence-electron chi connectivity index (χ4n) is 2.18. The van der Waals surface area contributed by atoms with Gasteiger partial charge in [0.05, 0.1) is 12.3 Å². The van der Waals surface area contributed by atoms with Crippen molar-refractivity contribution in [3.8, 4) is 0 Å². The van der Waals surface area contributed by atoms with Crippen molar-refractivity contribution in [2.45, 2.75) is 19.3 Å². The molecule has 2 fully saturated rings. The van der Waals surface area contributed by atoms with Gasteiger partial charge in [-0.25, -0.2) is 8.42 Å². The smallest absolute Gasteiger partial charge is 0.237 e. The summed E-state index contributed by atoms with van der Waals surface area (Å²) in [4.78, 5) is 13.7. The fraction of sp³-hybridized carbons (Fsp3) is 0.917. The number of likely N-dealkylation sites (N-methyl/N-ethyl adjacent to an activating group) is 1. The first kappa shape index (κ1) is 14.7. The van der Waals surface area contributed by atoms with Crippen molar-refractivity contribution >= 4 is 15.9 Å². The normalized spacial score (nSPS) is 20.8. The molecule has 6 nitrogen and oxygen atoms in total. The van der Waals surface area contributed by atoms with Gasteiger partial charge >= 0.3 is 0 Å². The third-order valence-electron chi connectivity index (χ3n) is 3.78. The number of hydrogen-bond donors (Lipinski definition) is 1. The Labute approximate surface area is 115 Å². The van der Waals surface area contributed by atoms with Gasteiger partial charge in [-0.05, 0) is 12.3 Å². The number of sulfonamides is 1. The highest BCUT2D eigenvalue weighted by atomic mass is 32.2. The molecular weight excluding hydrogens is 266 g/mol. The van der Waals surface area contributed by atoms with Gasteiger partial charge in [-0.15, -0.1) is 0 Å². The van der Waals surface area contributed by atoms with E-state index in [1.165, 1.54) is 11.4 Å². The largest absolute Gasteiger partial charge is 0.339 e. The first-order valence-corrected chi connectivity index (χ1v) is 8.52. The number of piperazine rings is 1. The van der Waals surface area contributed by atoms with Crippen LogP contribution in [0.25, 0.3) is 0 Å². The Balaban J connectivity index is 1.80. The number of nitrogens with zero attached hydrogens (tertiary/aromatic N) is 2. The summed E-state index contributed by atoms with van der Waals surface area (Å²) >= 11 is 0. The van der Waals surface area contributed by atoms with Crippen LogP contribution in [-0.2, 0) is 14.8 Å². The van der Waals surface area contributed by atoms with Crippen LogP contribution < -0.4 is 5.32 Å². The van der Waals surface area contributed by atoms with Crippen LogP contribution in [-0.4, -0.2) is 69.1 Å². The molecule has 0 radical (unpaired) electrons. The third kappa shape index (κ3) is 4.43. The molecule has 0 aromatic carbocycles. The number of hydrogen-bond acceptors (Lipinski definition) is 4. The lowest BCUT2D eigenvalue weighted by atomic mass is 10.3. The summed E-state index contributed by atoms with van der Waals surface area (Å²) < 4.78 is 25.3. The van der Waals surface area contributed by atoms with E-state index in [0.29, 0.717) is 19.0 Å². The van der Waals surface area contributed by atoms with Crippen LogP contribution in [0.15, 0.2) is 0 Å². The molecule has 0 bridgehead atoms. The SMILES string of the molecule is CN(CC(=O)N1CCNCC1)S(=O)(=O)CCC1CC1. The molecule has 1 saturated heterocycles.